The summed E-state index contributed by atoms with van der Waals surface area (Å²) in [6.07, 6.45) is 0. The predicted octanol–water partition coefficient (Wildman–Crippen LogP) is 2.27. The number of carbonyl (C=O) groups is 1. The minimum atomic E-state index is -0.829. The van der Waals surface area contributed by atoms with Crippen molar-refractivity contribution in [1.82, 2.24) is 0 Å². The first-order valence-corrected chi connectivity index (χ1v) is 4.52. The van der Waals surface area contributed by atoms with Gasteiger partial charge in [0.2, 0.25) is 0 Å². The molecule has 14 heavy (non-hydrogen) atoms. The van der Waals surface area contributed by atoms with Gasteiger partial charge in [0.05, 0.1) is 7.11 Å². The van der Waals surface area contributed by atoms with Crippen LogP contribution < -0.4 is 4.74 Å². The normalized spacial score (nSPS) is 12.2. The number of carbonyl (C=O) groups excluding carboxylic acids is 1. The van der Waals surface area contributed by atoms with E-state index < -0.39 is 5.38 Å². The Hall–Kier alpha value is -1.22. The number of methoxy groups -OCH3 is 1. The zero-order valence-corrected chi connectivity index (χ0v) is 8.71. The molecular formula is C10H11ClO3. The van der Waals surface area contributed by atoms with Crippen LogP contribution in [0.4, 0.5) is 0 Å². The van der Waals surface area contributed by atoms with E-state index in [9.17, 15) is 9.90 Å². The summed E-state index contributed by atoms with van der Waals surface area (Å²) in [5.74, 6) is 0.0230. The Morgan fingerprint density at radius 3 is 2.71 bits per heavy atom. The number of phenols is 1. The third-order valence-electron chi connectivity index (χ3n) is 1.88. The topological polar surface area (TPSA) is 46.5 Å². The second-order valence-corrected chi connectivity index (χ2v) is 3.31. The fraction of sp³-hybridized carbons (Fsp3) is 0.300. The molecule has 0 saturated heterocycles. The molecule has 4 heteroatoms. The maximum absolute atomic E-state index is 11.0. The van der Waals surface area contributed by atoms with Gasteiger partial charge in [0.15, 0.2) is 17.3 Å². The van der Waals surface area contributed by atoms with Gasteiger partial charge in [-0.25, -0.2) is 0 Å². The number of rotatable bonds is 3. The zero-order valence-electron chi connectivity index (χ0n) is 7.95. The Balaban J connectivity index is 3.15. The fourth-order valence-electron chi connectivity index (χ4n) is 1.13. The molecular weight excluding hydrogens is 204 g/mol. The summed E-state index contributed by atoms with van der Waals surface area (Å²) >= 11 is 5.81. The molecule has 0 aromatic heterocycles. The Labute approximate surface area is 87.3 Å². The molecule has 0 fully saturated rings. The molecule has 1 aromatic rings. The highest BCUT2D eigenvalue weighted by Gasteiger charge is 2.18. The Morgan fingerprint density at radius 2 is 2.21 bits per heavy atom. The highest BCUT2D eigenvalue weighted by atomic mass is 35.5. The van der Waals surface area contributed by atoms with E-state index in [1.54, 1.807) is 18.2 Å². The standard InChI is InChI=1S/C10H11ClO3/c1-6(12)9(11)7-4-3-5-8(14-2)10(7)13/h3-5,9,13H,1-2H3. The molecule has 1 rings (SSSR count). The van der Waals surface area contributed by atoms with E-state index in [0.29, 0.717) is 11.3 Å². The maximum Gasteiger partial charge on any atom is 0.162 e. The lowest BCUT2D eigenvalue weighted by Gasteiger charge is -2.10. The monoisotopic (exact) mass is 214 g/mol. The van der Waals surface area contributed by atoms with Crippen LogP contribution in [0.5, 0.6) is 11.5 Å². The van der Waals surface area contributed by atoms with Crippen LogP contribution in [0.1, 0.15) is 17.9 Å². The number of ketones is 1. The van der Waals surface area contributed by atoms with Gasteiger partial charge < -0.3 is 9.84 Å². The number of aromatic hydroxyl groups is 1. The van der Waals surface area contributed by atoms with Crippen molar-refractivity contribution in [3.63, 3.8) is 0 Å². The third-order valence-corrected chi connectivity index (χ3v) is 2.42. The quantitative estimate of drug-likeness (QED) is 0.786. The highest BCUT2D eigenvalue weighted by molar-refractivity contribution is 6.31. The van der Waals surface area contributed by atoms with Gasteiger partial charge in [0, 0.05) is 5.56 Å². The average molecular weight is 215 g/mol. The summed E-state index contributed by atoms with van der Waals surface area (Å²) < 4.78 is 4.90. The summed E-state index contributed by atoms with van der Waals surface area (Å²) in [5, 5.41) is 8.82. The van der Waals surface area contributed by atoms with Gasteiger partial charge in [-0.05, 0) is 13.0 Å². The van der Waals surface area contributed by atoms with Crippen molar-refractivity contribution in [2.45, 2.75) is 12.3 Å². The largest absolute Gasteiger partial charge is 0.504 e. The van der Waals surface area contributed by atoms with Crippen LogP contribution in [-0.2, 0) is 4.79 Å². The minimum absolute atomic E-state index is 0.0785. The Kier molecular flexibility index (Phi) is 3.36. The van der Waals surface area contributed by atoms with Crippen molar-refractivity contribution in [3.05, 3.63) is 23.8 Å². The van der Waals surface area contributed by atoms with Gasteiger partial charge >= 0.3 is 0 Å². The van der Waals surface area contributed by atoms with Crippen LogP contribution in [0.25, 0.3) is 0 Å². The first-order valence-electron chi connectivity index (χ1n) is 4.08. The summed E-state index contributed by atoms with van der Waals surface area (Å²) in [4.78, 5) is 11.0. The van der Waals surface area contributed by atoms with Crippen LogP contribution in [0.3, 0.4) is 0 Å². The number of phenolic OH excluding ortho intramolecular Hbond substituents is 1. The lowest BCUT2D eigenvalue weighted by molar-refractivity contribution is -0.116. The second-order valence-electron chi connectivity index (χ2n) is 2.87. The highest BCUT2D eigenvalue weighted by Crippen LogP contribution is 2.36. The molecule has 0 heterocycles. The molecule has 1 aromatic carbocycles. The van der Waals surface area contributed by atoms with Crippen molar-refractivity contribution in [1.29, 1.82) is 0 Å². The van der Waals surface area contributed by atoms with E-state index in [1.807, 2.05) is 0 Å². The lowest BCUT2D eigenvalue weighted by atomic mass is 10.1. The number of hydrogen-bond donors (Lipinski definition) is 1. The summed E-state index contributed by atoms with van der Waals surface area (Å²) in [7, 11) is 1.44. The molecule has 0 aliphatic rings. The molecule has 0 saturated carbocycles. The van der Waals surface area contributed by atoms with Gasteiger partial charge in [-0.15, -0.1) is 11.6 Å². The molecule has 3 nitrogen and oxygen atoms in total. The fourth-order valence-corrected chi connectivity index (χ4v) is 1.30. The van der Waals surface area contributed by atoms with Gasteiger partial charge in [-0.2, -0.15) is 0 Å². The number of halogens is 1. The van der Waals surface area contributed by atoms with E-state index in [4.69, 9.17) is 16.3 Å². The molecule has 0 spiro atoms. The van der Waals surface area contributed by atoms with Crippen molar-refractivity contribution >= 4 is 17.4 Å². The molecule has 0 radical (unpaired) electrons. The van der Waals surface area contributed by atoms with E-state index in [-0.39, 0.29) is 11.5 Å². The van der Waals surface area contributed by atoms with Gasteiger partial charge in [-0.3, -0.25) is 4.79 Å². The lowest BCUT2D eigenvalue weighted by Crippen LogP contribution is -2.02. The van der Waals surface area contributed by atoms with Gasteiger partial charge in [0.1, 0.15) is 5.38 Å². The number of Topliss-reactive ketones (excluding diaryl/α,β-unsaturated/α-hetero) is 1. The first-order chi connectivity index (χ1) is 6.57. The van der Waals surface area contributed by atoms with Crippen LogP contribution in [-0.4, -0.2) is 18.0 Å². The maximum atomic E-state index is 11.0. The summed E-state index contributed by atoms with van der Waals surface area (Å²) in [6, 6.07) is 4.87. The first kappa shape index (κ1) is 10.9. The predicted molar refractivity (Wildman–Crippen MR) is 53.9 cm³/mol. The molecule has 0 aliphatic heterocycles. The summed E-state index contributed by atoms with van der Waals surface area (Å²) in [6.45, 7) is 1.37. The number of ether oxygens (including phenoxy) is 1. The average Bonchev–Trinajstić information content (AvgIpc) is 2.17. The SMILES string of the molecule is COc1cccc(C(Cl)C(C)=O)c1O. The number of benzene rings is 1. The van der Waals surface area contributed by atoms with Crippen LogP contribution in [0.2, 0.25) is 0 Å². The number of alkyl halides is 1. The molecule has 0 bridgehead atoms. The van der Waals surface area contributed by atoms with Crippen molar-refractivity contribution in [2.75, 3.05) is 7.11 Å². The molecule has 1 N–H and O–H groups in total. The molecule has 0 aliphatic carbocycles. The van der Waals surface area contributed by atoms with E-state index >= 15 is 0 Å². The molecule has 76 valence electrons. The Bertz CT molecular complexity index is 349. The minimum Gasteiger partial charge on any atom is -0.504 e. The van der Waals surface area contributed by atoms with Crippen LogP contribution in [0.15, 0.2) is 18.2 Å². The molecule has 1 atom stereocenters. The summed E-state index contributed by atoms with van der Waals surface area (Å²) in [5.41, 5.74) is 0.374. The van der Waals surface area contributed by atoms with E-state index in [0.717, 1.165) is 0 Å². The van der Waals surface area contributed by atoms with Crippen LogP contribution in [0, 0.1) is 0 Å². The van der Waals surface area contributed by atoms with E-state index in [2.05, 4.69) is 0 Å². The smallest absolute Gasteiger partial charge is 0.162 e. The second kappa shape index (κ2) is 4.33. The number of hydrogen-bond acceptors (Lipinski definition) is 3. The van der Waals surface area contributed by atoms with Crippen molar-refractivity contribution in [2.24, 2.45) is 0 Å². The van der Waals surface area contributed by atoms with E-state index in [1.165, 1.54) is 14.0 Å². The Morgan fingerprint density at radius 1 is 1.57 bits per heavy atom. The zero-order chi connectivity index (χ0) is 10.7. The van der Waals surface area contributed by atoms with Crippen molar-refractivity contribution < 1.29 is 14.6 Å². The third kappa shape index (κ3) is 1.99. The van der Waals surface area contributed by atoms with Crippen molar-refractivity contribution in [3.8, 4) is 11.5 Å². The molecule has 0 amide bonds. The molecule has 1 unspecified atom stereocenters. The number of para-hydroxylation sites is 1. The van der Waals surface area contributed by atoms with Gasteiger partial charge in [0.25, 0.3) is 0 Å². The van der Waals surface area contributed by atoms with Crippen LogP contribution >= 0.6 is 11.6 Å². The van der Waals surface area contributed by atoms with Gasteiger partial charge in [-0.1, -0.05) is 12.1 Å².